The van der Waals surface area contributed by atoms with Crippen molar-refractivity contribution in [2.24, 2.45) is 5.41 Å². The topological polar surface area (TPSA) is 52.9 Å². The van der Waals surface area contributed by atoms with Gasteiger partial charge in [-0.1, -0.05) is 19.3 Å². The highest BCUT2D eigenvalue weighted by molar-refractivity contribution is 7.99. The zero-order valence-corrected chi connectivity index (χ0v) is 11.0. The van der Waals surface area contributed by atoms with Crippen LogP contribution in [0.25, 0.3) is 0 Å². The number of hydrogen-bond donors (Lipinski definition) is 1. The SMILES string of the molecule is N#CC1(C(=O)NC2CCCSC2)CCCCC1. The van der Waals surface area contributed by atoms with Crippen molar-refractivity contribution < 1.29 is 4.79 Å². The number of amides is 1. The summed E-state index contributed by atoms with van der Waals surface area (Å²) in [5, 5.41) is 12.4. The number of nitrogens with zero attached hydrogens (tertiary/aromatic N) is 1. The maximum absolute atomic E-state index is 12.3. The highest BCUT2D eigenvalue weighted by Crippen LogP contribution is 2.36. The van der Waals surface area contributed by atoms with Gasteiger partial charge in [0.15, 0.2) is 0 Å². The van der Waals surface area contributed by atoms with Gasteiger partial charge in [0.1, 0.15) is 5.41 Å². The first kappa shape index (κ1) is 12.8. The second kappa shape index (κ2) is 5.77. The van der Waals surface area contributed by atoms with Crippen LogP contribution >= 0.6 is 11.8 Å². The van der Waals surface area contributed by atoms with Crippen molar-refractivity contribution in [2.45, 2.75) is 51.0 Å². The molecule has 1 saturated carbocycles. The fraction of sp³-hybridized carbons (Fsp3) is 0.846. The molecule has 1 heterocycles. The summed E-state index contributed by atoms with van der Waals surface area (Å²) in [5.41, 5.74) is -0.722. The van der Waals surface area contributed by atoms with E-state index in [1.165, 1.54) is 12.2 Å². The lowest BCUT2D eigenvalue weighted by Gasteiger charge is -2.32. The summed E-state index contributed by atoms with van der Waals surface area (Å²) in [6.07, 6.45) is 6.93. The van der Waals surface area contributed by atoms with Crippen LogP contribution in [-0.2, 0) is 4.79 Å². The molecule has 2 rings (SSSR count). The zero-order valence-electron chi connectivity index (χ0n) is 10.2. The van der Waals surface area contributed by atoms with E-state index >= 15 is 0 Å². The second-order valence-corrected chi connectivity index (χ2v) is 6.29. The molecular formula is C13H20N2OS. The van der Waals surface area contributed by atoms with Crippen LogP contribution in [0.3, 0.4) is 0 Å². The van der Waals surface area contributed by atoms with Gasteiger partial charge in [-0.15, -0.1) is 0 Å². The fourth-order valence-electron chi connectivity index (χ4n) is 2.72. The average Bonchev–Trinajstić information content (AvgIpc) is 2.40. The van der Waals surface area contributed by atoms with Crippen LogP contribution in [0.5, 0.6) is 0 Å². The van der Waals surface area contributed by atoms with Gasteiger partial charge in [0.2, 0.25) is 5.91 Å². The summed E-state index contributed by atoms with van der Waals surface area (Å²) in [6.45, 7) is 0. The first-order valence-corrected chi connectivity index (χ1v) is 7.72. The molecule has 0 spiro atoms. The van der Waals surface area contributed by atoms with E-state index in [1.54, 1.807) is 0 Å². The first-order valence-electron chi connectivity index (χ1n) is 6.57. The molecule has 4 heteroatoms. The number of rotatable bonds is 2. The predicted molar refractivity (Wildman–Crippen MR) is 69.6 cm³/mol. The van der Waals surface area contributed by atoms with Gasteiger partial charge in [-0.3, -0.25) is 4.79 Å². The lowest BCUT2D eigenvalue weighted by molar-refractivity contribution is -0.130. The van der Waals surface area contributed by atoms with Crippen LogP contribution in [0.15, 0.2) is 0 Å². The van der Waals surface area contributed by atoms with E-state index in [1.807, 2.05) is 11.8 Å². The maximum atomic E-state index is 12.3. The minimum Gasteiger partial charge on any atom is -0.351 e. The van der Waals surface area contributed by atoms with Crippen molar-refractivity contribution in [3.63, 3.8) is 0 Å². The molecule has 0 aromatic rings. The minimum absolute atomic E-state index is 0.00722. The Bertz CT molecular complexity index is 312. The summed E-state index contributed by atoms with van der Waals surface area (Å²) < 4.78 is 0. The molecule has 0 aromatic heterocycles. The smallest absolute Gasteiger partial charge is 0.240 e. The van der Waals surface area contributed by atoms with E-state index in [0.717, 1.165) is 44.3 Å². The van der Waals surface area contributed by atoms with E-state index in [4.69, 9.17) is 0 Å². The van der Waals surface area contributed by atoms with Gasteiger partial charge in [0.25, 0.3) is 0 Å². The van der Waals surface area contributed by atoms with E-state index in [2.05, 4.69) is 11.4 Å². The van der Waals surface area contributed by atoms with E-state index in [-0.39, 0.29) is 11.9 Å². The molecule has 94 valence electrons. The molecule has 2 aliphatic rings. The van der Waals surface area contributed by atoms with Gasteiger partial charge in [0.05, 0.1) is 6.07 Å². The lowest BCUT2D eigenvalue weighted by atomic mass is 9.74. The molecule has 1 aliphatic carbocycles. The fourth-order valence-corrected chi connectivity index (χ4v) is 3.80. The molecule has 1 unspecified atom stereocenters. The third-order valence-corrected chi connectivity index (χ3v) is 5.07. The van der Waals surface area contributed by atoms with Gasteiger partial charge in [-0.05, 0) is 31.4 Å². The number of carbonyl (C=O) groups excluding carboxylic acids is 1. The number of thioether (sulfide) groups is 1. The van der Waals surface area contributed by atoms with Crippen molar-refractivity contribution in [3.05, 3.63) is 0 Å². The van der Waals surface area contributed by atoms with Gasteiger partial charge < -0.3 is 5.32 Å². The van der Waals surface area contributed by atoms with Crippen LogP contribution < -0.4 is 5.32 Å². The van der Waals surface area contributed by atoms with Gasteiger partial charge in [-0.2, -0.15) is 17.0 Å². The largest absolute Gasteiger partial charge is 0.351 e. The minimum atomic E-state index is -0.722. The molecule has 1 aliphatic heterocycles. The van der Waals surface area contributed by atoms with Gasteiger partial charge >= 0.3 is 0 Å². The number of nitrogens with one attached hydrogen (secondary N) is 1. The van der Waals surface area contributed by atoms with Crippen molar-refractivity contribution in [3.8, 4) is 6.07 Å². The molecular weight excluding hydrogens is 232 g/mol. The molecule has 17 heavy (non-hydrogen) atoms. The monoisotopic (exact) mass is 252 g/mol. The standard InChI is InChI=1S/C13H20N2OS/c14-10-13(6-2-1-3-7-13)12(16)15-11-5-4-8-17-9-11/h11H,1-9H2,(H,15,16). The number of carbonyl (C=O) groups is 1. The Balaban J connectivity index is 1.94. The van der Waals surface area contributed by atoms with Crippen LogP contribution in [-0.4, -0.2) is 23.5 Å². The van der Waals surface area contributed by atoms with Crippen LogP contribution in [0.4, 0.5) is 0 Å². The first-order chi connectivity index (χ1) is 8.27. The van der Waals surface area contributed by atoms with Gasteiger partial charge in [0, 0.05) is 11.8 Å². The Labute approximate surface area is 107 Å². The van der Waals surface area contributed by atoms with Crippen molar-refractivity contribution in [1.82, 2.24) is 5.32 Å². The van der Waals surface area contributed by atoms with E-state index in [0.29, 0.717) is 0 Å². The zero-order chi connectivity index (χ0) is 12.1. The Morgan fingerprint density at radius 1 is 1.29 bits per heavy atom. The highest BCUT2D eigenvalue weighted by atomic mass is 32.2. The van der Waals surface area contributed by atoms with Crippen LogP contribution in [0.2, 0.25) is 0 Å². The van der Waals surface area contributed by atoms with E-state index < -0.39 is 5.41 Å². The highest BCUT2D eigenvalue weighted by Gasteiger charge is 2.40. The molecule has 1 N–H and O–H groups in total. The summed E-state index contributed by atoms with van der Waals surface area (Å²) in [4.78, 5) is 12.3. The van der Waals surface area contributed by atoms with Crippen molar-refractivity contribution in [1.29, 1.82) is 5.26 Å². The molecule has 0 radical (unpaired) electrons. The second-order valence-electron chi connectivity index (χ2n) is 5.14. The Hall–Kier alpha value is -0.690. The Morgan fingerprint density at radius 3 is 2.65 bits per heavy atom. The Morgan fingerprint density at radius 2 is 2.06 bits per heavy atom. The normalized spacial score (nSPS) is 28.1. The summed E-state index contributed by atoms with van der Waals surface area (Å²) >= 11 is 1.90. The summed E-state index contributed by atoms with van der Waals surface area (Å²) in [6, 6.07) is 2.57. The van der Waals surface area contributed by atoms with Gasteiger partial charge in [-0.25, -0.2) is 0 Å². The number of nitriles is 1. The third-order valence-electron chi connectivity index (χ3n) is 3.85. The van der Waals surface area contributed by atoms with Crippen molar-refractivity contribution in [2.75, 3.05) is 11.5 Å². The molecule has 1 atom stereocenters. The molecule has 0 aromatic carbocycles. The predicted octanol–water partition coefficient (Wildman–Crippen LogP) is 2.47. The Kier molecular flexibility index (Phi) is 4.33. The van der Waals surface area contributed by atoms with Crippen molar-refractivity contribution >= 4 is 17.7 Å². The van der Waals surface area contributed by atoms with Crippen LogP contribution in [0, 0.1) is 16.7 Å². The quantitative estimate of drug-likeness (QED) is 0.821. The average molecular weight is 252 g/mol. The number of hydrogen-bond acceptors (Lipinski definition) is 3. The third kappa shape index (κ3) is 2.95. The molecule has 2 fully saturated rings. The molecule has 3 nitrogen and oxygen atoms in total. The summed E-state index contributed by atoms with van der Waals surface area (Å²) in [7, 11) is 0. The molecule has 0 bridgehead atoms. The molecule has 1 amide bonds. The summed E-state index contributed by atoms with van der Waals surface area (Å²) in [5.74, 6) is 2.20. The molecule has 1 saturated heterocycles. The lowest BCUT2D eigenvalue weighted by Crippen LogP contribution is -2.47. The maximum Gasteiger partial charge on any atom is 0.240 e. The van der Waals surface area contributed by atoms with E-state index in [9.17, 15) is 10.1 Å². The van der Waals surface area contributed by atoms with Crippen LogP contribution in [0.1, 0.15) is 44.9 Å².